The van der Waals surface area contributed by atoms with Gasteiger partial charge in [-0.1, -0.05) is 30.3 Å². The fraction of sp³-hybridized carbons (Fsp3) is 0.412. The van der Waals surface area contributed by atoms with Gasteiger partial charge in [-0.15, -0.1) is 36.2 Å². The number of anilines is 1. The van der Waals surface area contributed by atoms with Crippen LogP contribution in [0.2, 0.25) is 0 Å². The summed E-state index contributed by atoms with van der Waals surface area (Å²) in [5.41, 5.74) is 2.48. The molecule has 8 heteroatoms. The van der Waals surface area contributed by atoms with Gasteiger partial charge in [0.05, 0.1) is 5.69 Å². The zero-order chi connectivity index (χ0) is 16.1. The van der Waals surface area contributed by atoms with E-state index in [1.165, 1.54) is 10.4 Å². The Bertz CT molecular complexity index is 666. The third-order valence-corrected chi connectivity index (χ3v) is 4.91. The summed E-state index contributed by atoms with van der Waals surface area (Å²) in [5, 5.41) is 6.62. The molecule has 2 N–H and O–H groups in total. The molecule has 0 saturated carbocycles. The first-order valence-electron chi connectivity index (χ1n) is 7.94. The second-order valence-electron chi connectivity index (χ2n) is 5.74. The maximum absolute atomic E-state index is 11.8. The highest BCUT2D eigenvalue weighted by Crippen LogP contribution is 2.29. The van der Waals surface area contributed by atoms with Gasteiger partial charge in [-0.25, -0.2) is 4.98 Å². The average Bonchev–Trinajstić information content (AvgIpc) is 2.95. The maximum atomic E-state index is 11.8. The van der Waals surface area contributed by atoms with Crippen LogP contribution in [0.3, 0.4) is 0 Å². The van der Waals surface area contributed by atoms with Gasteiger partial charge in [0.25, 0.3) is 0 Å². The van der Waals surface area contributed by atoms with E-state index in [1.807, 2.05) is 13.1 Å². The Labute approximate surface area is 165 Å². The summed E-state index contributed by atoms with van der Waals surface area (Å²) in [4.78, 5) is 20.1. The number of amides is 1. The van der Waals surface area contributed by atoms with E-state index in [4.69, 9.17) is 0 Å². The molecule has 0 radical (unpaired) electrons. The van der Waals surface area contributed by atoms with E-state index in [2.05, 4.69) is 44.8 Å². The number of carbonyl (C=O) groups is 1. The van der Waals surface area contributed by atoms with Gasteiger partial charge in [-0.3, -0.25) is 9.69 Å². The van der Waals surface area contributed by atoms with Crippen molar-refractivity contribution in [1.29, 1.82) is 0 Å². The minimum Gasteiger partial charge on any atom is -0.319 e. The fourth-order valence-electron chi connectivity index (χ4n) is 2.70. The number of thiazole rings is 1. The molecular weight excluding hydrogens is 379 g/mol. The van der Waals surface area contributed by atoms with Gasteiger partial charge < -0.3 is 10.6 Å². The maximum Gasteiger partial charge on any atom is 0.227 e. The van der Waals surface area contributed by atoms with Crippen LogP contribution in [-0.4, -0.2) is 35.9 Å². The lowest BCUT2D eigenvalue weighted by Crippen LogP contribution is -2.29. The van der Waals surface area contributed by atoms with Gasteiger partial charge in [-0.05, 0) is 12.6 Å². The van der Waals surface area contributed by atoms with Crippen molar-refractivity contribution in [2.45, 2.75) is 25.9 Å². The highest BCUT2D eigenvalue weighted by atomic mass is 35.5. The number of hydrogen-bond donors (Lipinski definition) is 2. The van der Waals surface area contributed by atoms with Crippen LogP contribution in [0.5, 0.6) is 0 Å². The van der Waals surface area contributed by atoms with Crippen LogP contribution in [0.15, 0.2) is 30.3 Å². The van der Waals surface area contributed by atoms with E-state index in [0.717, 1.165) is 36.9 Å². The SMILES string of the molecule is CNCCC(=O)Nc1nc2c(s1)CN(Cc1ccccc1)CC2.Cl.Cl. The highest BCUT2D eigenvalue weighted by Gasteiger charge is 2.21. The first-order valence-corrected chi connectivity index (χ1v) is 8.75. The van der Waals surface area contributed by atoms with Crippen LogP contribution < -0.4 is 10.6 Å². The molecule has 0 bridgehead atoms. The molecule has 1 aromatic carbocycles. The molecule has 0 atom stereocenters. The Kier molecular flexibility index (Phi) is 9.38. The summed E-state index contributed by atoms with van der Waals surface area (Å²) in [6.45, 7) is 3.57. The lowest BCUT2D eigenvalue weighted by atomic mass is 10.1. The van der Waals surface area contributed by atoms with Crippen LogP contribution in [0, 0.1) is 0 Å². The van der Waals surface area contributed by atoms with Crippen molar-refractivity contribution < 1.29 is 4.79 Å². The Balaban J connectivity index is 0.00000156. The highest BCUT2D eigenvalue weighted by molar-refractivity contribution is 7.15. The van der Waals surface area contributed by atoms with E-state index in [9.17, 15) is 4.79 Å². The number of aromatic nitrogens is 1. The number of benzene rings is 1. The van der Waals surface area contributed by atoms with Crippen LogP contribution >= 0.6 is 36.2 Å². The molecule has 0 saturated heterocycles. The van der Waals surface area contributed by atoms with Gasteiger partial charge in [0.2, 0.25) is 5.91 Å². The molecular formula is C17H24Cl2N4OS. The van der Waals surface area contributed by atoms with Crippen molar-refractivity contribution in [1.82, 2.24) is 15.2 Å². The summed E-state index contributed by atoms with van der Waals surface area (Å²) in [6, 6.07) is 10.5. The summed E-state index contributed by atoms with van der Waals surface area (Å²) < 4.78 is 0. The van der Waals surface area contributed by atoms with Crippen molar-refractivity contribution in [3.05, 3.63) is 46.5 Å². The summed E-state index contributed by atoms with van der Waals surface area (Å²) in [5.74, 6) is 0.0200. The Morgan fingerprint density at radius 3 is 2.76 bits per heavy atom. The van der Waals surface area contributed by atoms with Gasteiger partial charge >= 0.3 is 0 Å². The summed E-state index contributed by atoms with van der Waals surface area (Å²) in [6.07, 6.45) is 1.42. The van der Waals surface area contributed by atoms with E-state index >= 15 is 0 Å². The topological polar surface area (TPSA) is 57.3 Å². The zero-order valence-corrected chi connectivity index (χ0v) is 16.6. The monoisotopic (exact) mass is 402 g/mol. The number of nitrogens with zero attached hydrogens (tertiary/aromatic N) is 2. The van der Waals surface area contributed by atoms with E-state index in [1.54, 1.807) is 11.3 Å². The van der Waals surface area contributed by atoms with Crippen LogP contribution in [0.1, 0.15) is 22.6 Å². The molecule has 1 amide bonds. The molecule has 0 aliphatic carbocycles. The molecule has 3 rings (SSSR count). The van der Waals surface area contributed by atoms with Crippen molar-refractivity contribution in [3.8, 4) is 0 Å². The predicted molar refractivity (Wildman–Crippen MR) is 108 cm³/mol. The normalized spacial score (nSPS) is 13.3. The Morgan fingerprint density at radius 1 is 1.28 bits per heavy atom. The molecule has 2 aromatic rings. The largest absolute Gasteiger partial charge is 0.319 e. The van der Waals surface area contributed by atoms with Crippen molar-refractivity contribution in [2.75, 3.05) is 25.5 Å². The third kappa shape index (κ3) is 6.24. The van der Waals surface area contributed by atoms with Crippen molar-refractivity contribution >= 4 is 47.2 Å². The summed E-state index contributed by atoms with van der Waals surface area (Å²) >= 11 is 1.61. The lowest BCUT2D eigenvalue weighted by molar-refractivity contribution is -0.116. The molecule has 5 nitrogen and oxygen atoms in total. The minimum atomic E-state index is 0. The number of carbonyl (C=O) groups excluding carboxylic acids is 1. The van der Waals surface area contributed by atoms with Gasteiger partial charge in [-0.2, -0.15) is 0 Å². The van der Waals surface area contributed by atoms with Crippen molar-refractivity contribution in [3.63, 3.8) is 0 Å². The van der Waals surface area contributed by atoms with Crippen molar-refractivity contribution in [2.24, 2.45) is 0 Å². The number of hydrogen-bond acceptors (Lipinski definition) is 5. The molecule has 138 valence electrons. The second kappa shape index (κ2) is 10.7. The van der Waals surface area contributed by atoms with E-state index < -0.39 is 0 Å². The molecule has 1 aliphatic heterocycles. The minimum absolute atomic E-state index is 0. The number of rotatable bonds is 6. The van der Waals surface area contributed by atoms with Crippen LogP contribution in [0.4, 0.5) is 5.13 Å². The van der Waals surface area contributed by atoms with E-state index in [-0.39, 0.29) is 30.7 Å². The predicted octanol–water partition coefficient (Wildman–Crippen LogP) is 3.09. The molecule has 25 heavy (non-hydrogen) atoms. The standard InChI is InChI=1S/C17H22N4OS.2ClH/c1-18-9-7-16(22)20-17-19-14-8-10-21(12-15(14)23-17)11-13-5-3-2-4-6-13;;/h2-6,18H,7-12H2,1H3,(H,19,20,22);2*1H. The smallest absolute Gasteiger partial charge is 0.227 e. The summed E-state index contributed by atoms with van der Waals surface area (Å²) in [7, 11) is 1.84. The molecule has 2 heterocycles. The van der Waals surface area contributed by atoms with Crippen LogP contribution in [0.25, 0.3) is 0 Å². The number of nitrogens with one attached hydrogen (secondary N) is 2. The fourth-order valence-corrected chi connectivity index (χ4v) is 3.77. The van der Waals surface area contributed by atoms with Gasteiger partial charge in [0, 0.05) is 43.9 Å². The Hall–Kier alpha value is -1.18. The molecule has 1 aliphatic rings. The van der Waals surface area contributed by atoms with E-state index in [0.29, 0.717) is 13.0 Å². The third-order valence-electron chi connectivity index (χ3n) is 3.91. The van der Waals surface area contributed by atoms with Crippen LogP contribution in [-0.2, 0) is 24.3 Å². The average molecular weight is 403 g/mol. The second-order valence-corrected chi connectivity index (χ2v) is 6.82. The molecule has 0 fully saturated rings. The lowest BCUT2D eigenvalue weighted by Gasteiger charge is -2.25. The number of halogens is 2. The van der Waals surface area contributed by atoms with Gasteiger partial charge in [0.1, 0.15) is 0 Å². The molecule has 0 spiro atoms. The number of fused-ring (bicyclic) bond motifs is 1. The Morgan fingerprint density at radius 2 is 2.04 bits per heavy atom. The molecule has 0 unspecified atom stereocenters. The first-order chi connectivity index (χ1) is 11.2. The first kappa shape index (κ1) is 21.9. The van der Waals surface area contributed by atoms with Gasteiger partial charge in [0.15, 0.2) is 5.13 Å². The molecule has 1 aromatic heterocycles. The zero-order valence-electron chi connectivity index (χ0n) is 14.2. The quantitative estimate of drug-likeness (QED) is 0.779.